The number of nitrogens with one attached hydrogen (secondary N) is 1. The quantitative estimate of drug-likeness (QED) is 0.756. The molecule has 2 heterocycles. The molecule has 24 heavy (non-hydrogen) atoms. The largest absolute Gasteiger partial charge is 0.473 e. The second-order valence-corrected chi connectivity index (χ2v) is 5.36. The van der Waals surface area contributed by atoms with Crippen LogP contribution in [0.1, 0.15) is 21.5 Å². The van der Waals surface area contributed by atoms with Gasteiger partial charge >= 0.3 is 0 Å². The van der Waals surface area contributed by atoms with E-state index in [4.69, 9.17) is 4.74 Å². The molecular formula is C18H18N4O2. The number of carbonyl (C=O) groups excluding carboxylic acids is 1. The van der Waals surface area contributed by atoms with Crippen molar-refractivity contribution in [2.75, 3.05) is 0 Å². The number of amides is 1. The van der Waals surface area contributed by atoms with Gasteiger partial charge in [-0.15, -0.1) is 0 Å². The molecule has 0 saturated carbocycles. The zero-order valence-electron chi connectivity index (χ0n) is 13.3. The van der Waals surface area contributed by atoms with E-state index in [9.17, 15) is 4.79 Å². The van der Waals surface area contributed by atoms with Crippen LogP contribution in [0.5, 0.6) is 5.88 Å². The Bertz CT molecular complexity index is 815. The van der Waals surface area contributed by atoms with Crippen molar-refractivity contribution >= 4 is 5.91 Å². The average molecular weight is 322 g/mol. The van der Waals surface area contributed by atoms with Crippen LogP contribution < -0.4 is 10.1 Å². The number of carbonyl (C=O) groups is 1. The zero-order valence-corrected chi connectivity index (χ0v) is 13.3. The lowest BCUT2D eigenvalue weighted by Crippen LogP contribution is -2.22. The fraction of sp³-hybridized carbons (Fsp3) is 0.167. The minimum atomic E-state index is -0.160. The van der Waals surface area contributed by atoms with Crippen molar-refractivity contribution in [3.8, 4) is 5.88 Å². The number of aromatic nitrogens is 3. The van der Waals surface area contributed by atoms with Crippen LogP contribution in [0.15, 0.2) is 61.1 Å². The van der Waals surface area contributed by atoms with Crippen LogP contribution >= 0.6 is 0 Å². The summed E-state index contributed by atoms with van der Waals surface area (Å²) in [7, 11) is 1.77. The van der Waals surface area contributed by atoms with Crippen LogP contribution in [-0.4, -0.2) is 20.7 Å². The van der Waals surface area contributed by atoms with E-state index in [1.165, 1.54) is 6.20 Å². The molecule has 0 bridgehead atoms. The van der Waals surface area contributed by atoms with E-state index in [1.54, 1.807) is 24.1 Å². The summed E-state index contributed by atoms with van der Waals surface area (Å²) in [6.45, 7) is 0.858. The number of nitrogens with zero attached hydrogens (tertiary/aromatic N) is 3. The fourth-order valence-corrected chi connectivity index (χ4v) is 2.19. The molecule has 2 aromatic heterocycles. The highest BCUT2D eigenvalue weighted by Crippen LogP contribution is 2.12. The highest BCUT2D eigenvalue weighted by Gasteiger charge is 2.07. The van der Waals surface area contributed by atoms with E-state index in [2.05, 4.69) is 15.4 Å². The fourth-order valence-electron chi connectivity index (χ4n) is 2.19. The Morgan fingerprint density at radius 1 is 1.21 bits per heavy atom. The number of aryl methyl sites for hydroxylation is 1. The van der Waals surface area contributed by atoms with Gasteiger partial charge in [-0.3, -0.25) is 9.48 Å². The van der Waals surface area contributed by atoms with Crippen LogP contribution in [0.2, 0.25) is 0 Å². The summed E-state index contributed by atoms with van der Waals surface area (Å²) in [5, 5.41) is 6.84. The molecule has 0 aliphatic rings. The van der Waals surface area contributed by atoms with E-state index in [-0.39, 0.29) is 5.91 Å². The molecule has 0 aliphatic carbocycles. The molecule has 0 fully saturated rings. The Morgan fingerprint density at radius 3 is 2.79 bits per heavy atom. The highest BCUT2D eigenvalue weighted by molar-refractivity contribution is 5.93. The first-order valence-electron chi connectivity index (χ1n) is 7.59. The second kappa shape index (κ2) is 7.41. The van der Waals surface area contributed by atoms with Gasteiger partial charge in [-0.25, -0.2) is 4.98 Å². The maximum Gasteiger partial charge on any atom is 0.254 e. The monoisotopic (exact) mass is 322 g/mol. The summed E-state index contributed by atoms with van der Waals surface area (Å²) >= 11 is 0. The predicted octanol–water partition coefficient (Wildman–Crippen LogP) is 2.32. The topological polar surface area (TPSA) is 69.0 Å². The standard InChI is InChI=1S/C18H18N4O2/c1-22-12-16(11-21-22)18(23)20-10-15-7-8-19-17(9-15)24-13-14-5-3-2-4-6-14/h2-9,11-12H,10,13H2,1H3,(H,20,23). The lowest BCUT2D eigenvalue weighted by atomic mass is 10.2. The van der Waals surface area contributed by atoms with E-state index in [0.717, 1.165) is 11.1 Å². The third-order valence-electron chi connectivity index (χ3n) is 3.45. The molecule has 6 heteroatoms. The molecule has 0 unspecified atom stereocenters. The van der Waals surface area contributed by atoms with Gasteiger partial charge in [-0.1, -0.05) is 30.3 Å². The molecular weight excluding hydrogens is 304 g/mol. The van der Waals surface area contributed by atoms with E-state index in [0.29, 0.717) is 24.6 Å². The molecule has 1 aromatic carbocycles. The molecule has 0 radical (unpaired) electrons. The Morgan fingerprint density at radius 2 is 2.04 bits per heavy atom. The lowest BCUT2D eigenvalue weighted by Gasteiger charge is -2.08. The summed E-state index contributed by atoms with van der Waals surface area (Å²) < 4.78 is 7.28. The minimum absolute atomic E-state index is 0.160. The van der Waals surface area contributed by atoms with E-state index in [1.807, 2.05) is 42.5 Å². The number of pyridine rings is 1. The van der Waals surface area contributed by atoms with Crippen LogP contribution in [0.3, 0.4) is 0 Å². The number of hydrogen-bond donors (Lipinski definition) is 1. The Kier molecular flexibility index (Phi) is 4.86. The van der Waals surface area contributed by atoms with Crippen molar-refractivity contribution in [1.29, 1.82) is 0 Å². The molecule has 0 atom stereocenters. The van der Waals surface area contributed by atoms with Gasteiger partial charge < -0.3 is 10.1 Å². The first-order chi connectivity index (χ1) is 11.7. The normalized spacial score (nSPS) is 10.4. The van der Waals surface area contributed by atoms with Gasteiger partial charge in [0.2, 0.25) is 5.88 Å². The molecule has 1 amide bonds. The molecule has 1 N–H and O–H groups in total. The maximum atomic E-state index is 12.0. The molecule has 122 valence electrons. The first kappa shape index (κ1) is 15.7. The number of hydrogen-bond acceptors (Lipinski definition) is 4. The van der Waals surface area contributed by atoms with Gasteiger partial charge in [-0.05, 0) is 17.2 Å². The third-order valence-corrected chi connectivity index (χ3v) is 3.45. The molecule has 3 rings (SSSR count). The maximum absolute atomic E-state index is 12.0. The molecule has 0 spiro atoms. The Balaban J connectivity index is 1.56. The van der Waals surface area contributed by atoms with Crippen molar-refractivity contribution in [2.24, 2.45) is 7.05 Å². The highest BCUT2D eigenvalue weighted by atomic mass is 16.5. The summed E-state index contributed by atoms with van der Waals surface area (Å²) in [6, 6.07) is 13.6. The van der Waals surface area contributed by atoms with Crippen LogP contribution in [-0.2, 0) is 20.2 Å². The minimum Gasteiger partial charge on any atom is -0.473 e. The van der Waals surface area contributed by atoms with Crippen molar-refractivity contribution in [3.05, 3.63) is 77.7 Å². The van der Waals surface area contributed by atoms with E-state index < -0.39 is 0 Å². The Hall–Kier alpha value is -3.15. The van der Waals surface area contributed by atoms with Gasteiger partial charge in [0.1, 0.15) is 6.61 Å². The smallest absolute Gasteiger partial charge is 0.254 e. The van der Waals surface area contributed by atoms with Crippen molar-refractivity contribution in [1.82, 2.24) is 20.1 Å². The molecule has 6 nitrogen and oxygen atoms in total. The first-order valence-corrected chi connectivity index (χ1v) is 7.59. The van der Waals surface area contributed by atoms with E-state index >= 15 is 0 Å². The van der Waals surface area contributed by atoms with Crippen molar-refractivity contribution in [3.63, 3.8) is 0 Å². The zero-order chi connectivity index (χ0) is 16.8. The summed E-state index contributed by atoms with van der Waals surface area (Å²) in [6.07, 6.45) is 4.89. The van der Waals surface area contributed by atoms with Crippen LogP contribution in [0, 0.1) is 0 Å². The van der Waals surface area contributed by atoms with Crippen LogP contribution in [0.25, 0.3) is 0 Å². The number of ether oxygens (including phenoxy) is 1. The summed E-state index contributed by atoms with van der Waals surface area (Å²) in [4.78, 5) is 16.2. The van der Waals surface area contributed by atoms with Crippen LogP contribution in [0.4, 0.5) is 0 Å². The van der Waals surface area contributed by atoms with Gasteiger partial charge in [-0.2, -0.15) is 5.10 Å². The summed E-state index contributed by atoms with van der Waals surface area (Å²) in [5.74, 6) is 0.374. The summed E-state index contributed by atoms with van der Waals surface area (Å²) in [5.41, 5.74) is 2.53. The molecule has 0 saturated heterocycles. The number of benzene rings is 1. The van der Waals surface area contributed by atoms with Gasteiger partial charge in [0.15, 0.2) is 0 Å². The van der Waals surface area contributed by atoms with Crippen molar-refractivity contribution < 1.29 is 9.53 Å². The number of rotatable bonds is 6. The second-order valence-electron chi connectivity index (χ2n) is 5.36. The average Bonchev–Trinajstić information content (AvgIpc) is 3.06. The van der Waals surface area contributed by atoms with Gasteiger partial charge in [0, 0.05) is 32.1 Å². The third kappa shape index (κ3) is 4.19. The lowest BCUT2D eigenvalue weighted by molar-refractivity contribution is 0.0950. The molecule has 3 aromatic rings. The SMILES string of the molecule is Cn1cc(C(=O)NCc2ccnc(OCc3ccccc3)c2)cn1. The Labute approximate surface area is 140 Å². The van der Waals surface area contributed by atoms with Gasteiger partial charge in [0.05, 0.1) is 11.8 Å². The predicted molar refractivity (Wildman–Crippen MR) is 89.4 cm³/mol. The van der Waals surface area contributed by atoms with Crippen molar-refractivity contribution in [2.45, 2.75) is 13.2 Å². The van der Waals surface area contributed by atoms with Gasteiger partial charge in [0.25, 0.3) is 5.91 Å². The molecule has 0 aliphatic heterocycles.